The third-order valence-electron chi connectivity index (χ3n) is 15.6. The molecule has 0 saturated carbocycles. The Morgan fingerprint density at radius 2 is 0.658 bits per heavy atom. The van der Waals surface area contributed by atoms with Crippen molar-refractivity contribution < 1.29 is 24.5 Å². The number of ether oxygens (including phenoxy) is 1. The van der Waals surface area contributed by atoms with Gasteiger partial charge in [0.05, 0.1) is 25.4 Å². The zero-order valence-electron chi connectivity index (χ0n) is 51.0. The molecule has 76 heavy (non-hydrogen) atoms. The molecule has 0 saturated heterocycles. The van der Waals surface area contributed by atoms with E-state index in [2.05, 4.69) is 55.6 Å². The predicted octanol–water partition coefficient (Wildman–Crippen LogP) is 21.7. The van der Waals surface area contributed by atoms with Gasteiger partial charge in [-0.2, -0.15) is 0 Å². The van der Waals surface area contributed by atoms with E-state index in [0.29, 0.717) is 19.4 Å². The van der Waals surface area contributed by atoms with Gasteiger partial charge in [-0.25, -0.2) is 0 Å². The predicted molar refractivity (Wildman–Crippen MR) is 333 cm³/mol. The Kier molecular flexibility index (Phi) is 63.5. The maximum atomic E-state index is 12.5. The molecule has 3 N–H and O–H groups in total. The van der Waals surface area contributed by atoms with Crippen LogP contribution in [0.5, 0.6) is 0 Å². The van der Waals surface area contributed by atoms with Crippen LogP contribution in [0.4, 0.5) is 0 Å². The highest BCUT2D eigenvalue weighted by atomic mass is 16.5. The Balaban J connectivity index is 3.40. The van der Waals surface area contributed by atoms with Crippen LogP contribution in [0.15, 0.2) is 48.6 Å². The van der Waals surface area contributed by atoms with Crippen LogP contribution in [0, 0.1) is 0 Å². The molecule has 2 atom stereocenters. The molecule has 0 radical (unpaired) electrons. The first kappa shape index (κ1) is 73.8. The summed E-state index contributed by atoms with van der Waals surface area (Å²) in [4.78, 5) is 24.5. The first-order chi connectivity index (χ1) is 37.5. The Hall–Kier alpha value is -2.18. The van der Waals surface area contributed by atoms with Gasteiger partial charge in [-0.15, -0.1) is 0 Å². The Morgan fingerprint density at radius 3 is 1.04 bits per heavy atom. The van der Waals surface area contributed by atoms with E-state index in [1.54, 1.807) is 6.08 Å². The number of unbranched alkanes of at least 4 members (excludes halogenated alkanes) is 46. The zero-order chi connectivity index (χ0) is 55.0. The summed E-state index contributed by atoms with van der Waals surface area (Å²) in [6, 6.07) is -0.626. The molecule has 0 rings (SSSR count). The summed E-state index contributed by atoms with van der Waals surface area (Å²) in [5, 5.41) is 23.1. The van der Waals surface area contributed by atoms with Crippen molar-refractivity contribution in [1.82, 2.24) is 5.32 Å². The molecule has 0 aromatic carbocycles. The van der Waals surface area contributed by atoms with Gasteiger partial charge in [-0.3, -0.25) is 9.59 Å². The lowest BCUT2D eigenvalue weighted by Crippen LogP contribution is -2.45. The van der Waals surface area contributed by atoms with Crippen LogP contribution in [0.2, 0.25) is 0 Å². The van der Waals surface area contributed by atoms with Crippen molar-refractivity contribution in [2.24, 2.45) is 0 Å². The highest BCUT2D eigenvalue weighted by molar-refractivity contribution is 5.76. The normalized spacial score (nSPS) is 12.8. The van der Waals surface area contributed by atoms with E-state index >= 15 is 0 Å². The van der Waals surface area contributed by atoms with Crippen LogP contribution in [-0.4, -0.2) is 47.4 Å². The molecule has 0 aromatic rings. The summed E-state index contributed by atoms with van der Waals surface area (Å²) in [5.41, 5.74) is 0. The molecule has 0 spiro atoms. The van der Waals surface area contributed by atoms with E-state index in [9.17, 15) is 19.8 Å². The van der Waals surface area contributed by atoms with Crippen molar-refractivity contribution in [2.45, 2.75) is 373 Å². The molecule has 0 aliphatic rings. The summed E-state index contributed by atoms with van der Waals surface area (Å²) in [5.74, 6) is -0.0614. The van der Waals surface area contributed by atoms with Gasteiger partial charge in [0.25, 0.3) is 0 Å². The van der Waals surface area contributed by atoms with Gasteiger partial charge in [-0.05, 0) is 89.9 Å². The second-order valence-corrected chi connectivity index (χ2v) is 23.1. The van der Waals surface area contributed by atoms with Gasteiger partial charge >= 0.3 is 5.97 Å². The number of hydrogen-bond donors (Lipinski definition) is 3. The standard InChI is InChI=1S/C70H131NO5/c1-3-5-7-9-11-13-15-17-39-42-46-50-54-58-62-68(73)67(66-72)71-69(74)63-59-55-51-47-43-40-37-35-33-31-29-27-25-23-21-19-18-20-22-24-26-28-30-32-34-36-38-41-45-49-53-57-61-65-76-70(75)64-60-56-52-48-44-16-14-12-10-8-6-4-2/h12,14,22,24,28,30,58,62,67-68,72-73H,3-11,13,15-21,23,25-27,29,31-57,59-61,63-66H2,1-2H3,(H,71,74)/b14-12-,24-22-,30-28-,62-58+. The Morgan fingerprint density at radius 1 is 0.368 bits per heavy atom. The highest BCUT2D eigenvalue weighted by Crippen LogP contribution is 2.17. The van der Waals surface area contributed by atoms with Crippen LogP contribution in [0.25, 0.3) is 0 Å². The van der Waals surface area contributed by atoms with Crippen LogP contribution < -0.4 is 5.32 Å². The summed E-state index contributed by atoms with van der Waals surface area (Å²) in [6.07, 6.45) is 84.7. The molecule has 6 nitrogen and oxygen atoms in total. The minimum atomic E-state index is -0.843. The van der Waals surface area contributed by atoms with Crippen molar-refractivity contribution in [3.8, 4) is 0 Å². The molecule has 2 unspecified atom stereocenters. The van der Waals surface area contributed by atoms with Crippen LogP contribution in [0.1, 0.15) is 361 Å². The maximum absolute atomic E-state index is 12.5. The first-order valence-electron chi connectivity index (χ1n) is 33.9. The molecule has 6 heteroatoms. The summed E-state index contributed by atoms with van der Waals surface area (Å²) >= 11 is 0. The molecular formula is C70H131NO5. The van der Waals surface area contributed by atoms with Gasteiger partial charge in [0.1, 0.15) is 0 Å². The van der Waals surface area contributed by atoms with E-state index < -0.39 is 12.1 Å². The third-order valence-corrected chi connectivity index (χ3v) is 15.6. The van der Waals surface area contributed by atoms with Crippen molar-refractivity contribution in [2.75, 3.05) is 13.2 Å². The Labute approximate surface area is 474 Å². The molecular weight excluding hydrogens is 935 g/mol. The number of allylic oxidation sites excluding steroid dienone is 7. The molecule has 0 heterocycles. The number of hydrogen-bond acceptors (Lipinski definition) is 5. The fourth-order valence-electron chi connectivity index (χ4n) is 10.4. The van der Waals surface area contributed by atoms with E-state index in [0.717, 1.165) is 51.4 Å². The van der Waals surface area contributed by atoms with Crippen LogP contribution >= 0.6 is 0 Å². The van der Waals surface area contributed by atoms with E-state index in [1.165, 1.54) is 283 Å². The number of amides is 1. The van der Waals surface area contributed by atoms with Gasteiger partial charge in [0, 0.05) is 12.8 Å². The number of carbonyl (C=O) groups is 2. The first-order valence-corrected chi connectivity index (χ1v) is 33.9. The molecule has 0 aliphatic heterocycles. The largest absolute Gasteiger partial charge is 0.466 e. The fourth-order valence-corrected chi connectivity index (χ4v) is 10.4. The average molecular weight is 1070 g/mol. The van der Waals surface area contributed by atoms with Crippen molar-refractivity contribution in [3.05, 3.63) is 48.6 Å². The second kappa shape index (κ2) is 65.3. The molecule has 0 aliphatic carbocycles. The van der Waals surface area contributed by atoms with Crippen LogP contribution in [0.3, 0.4) is 0 Å². The second-order valence-electron chi connectivity index (χ2n) is 23.1. The molecule has 0 fully saturated rings. The zero-order valence-corrected chi connectivity index (χ0v) is 51.0. The smallest absolute Gasteiger partial charge is 0.305 e. The monoisotopic (exact) mass is 1070 g/mol. The number of aliphatic hydroxyl groups is 2. The van der Waals surface area contributed by atoms with Gasteiger partial charge in [-0.1, -0.05) is 306 Å². The lowest BCUT2D eigenvalue weighted by Gasteiger charge is -2.20. The maximum Gasteiger partial charge on any atom is 0.305 e. The Bertz CT molecular complexity index is 1270. The molecule has 1 amide bonds. The van der Waals surface area contributed by atoms with Crippen molar-refractivity contribution >= 4 is 11.9 Å². The van der Waals surface area contributed by atoms with Gasteiger partial charge in [0.2, 0.25) is 5.91 Å². The summed E-state index contributed by atoms with van der Waals surface area (Å²) in [6.45, 7) is 4.89. The number of rotatable bonds is 63. The molecule has 0 aromatic heterocycles. The average Bonchev–Trinajstić information content (AvgIpc) is 3.42. The molecule has 446 valence electrons. The van der Waals surface area contributed by atoms with Crippen molar-refractivity contribution in [3.63, 3.8) is 0 Å². The topological polar surface area (TPSA) is 95.9 Å². The van der Waals surface area contributed by atoms with Crippen LogP contribution in [-0.2, 0) is 14.3 Å². The van der Waals surface area contributed by atoms with Gasteiger partial charge < -0.3 is 20.3 Å². The minimum absolute atomic E-state index is 0.00362. The SMILES string of the molecule is CCCCC/C=C\CCCCCCCC(=O)OCCCCCCCCCCC/C=C\C/C=C\CCCCCCCCCCCCCCCCCCCC(=O)NC(CO)C(O)/C=C/CCCCCCCCCCCCCC. The third kappa shape index (κ3) is 61.0. The lowest BCUT2D eigenvalue weighted by molar-refractivity contribution is -0.143. The van der Waals surface area contributed by atoms with E-state index in [-0.39, 0.29) is 18.5 Å². The van der Waals surface area contributed by atoms with Crippen molar-refractivity contribution in [1.29, 1.82) is 0 Å². The number of aliphatic hydroxyl groups excluding tert-OH is 2. The van der Waals surface area contributed by atoms with E-state index in [4.69, 9.17) is 4.74 Å². The summed E-state index contributed by atoms with van der Waals surface area (Å²) in [7, 11) is 0. The fraction of sp³-hybridized carbons (Fsp3) is 0.857. The summed E-state index contributed by atoms with van der Waals surface area (Å²) < 4.78 is 5.47. The lowest BCUT2D eigenvalue weighted by atomic mass is 10.0. The molecule has 0 bridgehead atoms. The number of nitrogens with one attached hydrogen (secondary N) is 1. The van der Waals surface area contributed by atoms with E-state index in [1.807, 2.05) is 6.08 Å². The minimum Gasteiger partial charge on any atom is -0.466 e. The number of carbonyl (C=O) groups excluding carboxylic acids is 2. The highest BCUT2D eigenvalue weighted by Gasteiger charge is 2.18. The quantitative estimate of drug-likeness (QED) is 0.0320. The van der Waals surface area contributed by atoms with Gasteiger partial charge in [0.15, 0.2) is 0 Å². The number of esters is 1.